The molecule has 1 heterocycles. The van der Waals surface area contributed by atoms with E-state index in [4.69, 9.17) is 0 Å². The maximum atomic E-state index is 13.5. The van der Waals surface area contributed by atoms with Gasteiger partial charge in [-0.2, -0.15) is 17.5 Å². The number of carbonyl (C=O) groups excluding carboxylic acids is 1. The molecule has 2 unspecified atom stereocenters. The number of alkyl halides is 3. The molecule has 2 fully saturated rings. The highest BCUT2D eigenvalue weighted by atomic mass is 32.3. The van der Waals surface area contributed by atoms with Gasteiger partial charge in [-0.15, -0.1) is 10.8 Å². The van der Waals surface area contributed by atoms with Crippen LogP contribution in [0.1, 0.15) is 65.2 Å². The maximum Gasteiger partial charge on any atom is 0.412 e. The predicted octanol–water partition coefficient (Wildman–Crippen LogP) is 9.13. The van der Waals surface area contributed by atoms with Gasteiger partial charge in [0.25, 0.3) is 0 Å². The summed E-state index contributed by atoms with van der Waals surface area (Å²) in [6.07, 6.45) is 10.2. The number of hydrogen-bond donors (Lipinski definition) is 2. The van der Waals surface area contributed by atoms with Gasteiger partial charge < -0.3 is 4.90 Å². The number of nitrogens with zero attached hydrogens (tertiary/aromatic N) is 2. The molecule has 1 aliphatic heterocycles. The molecule has 2 aliphatic carbocycles. The van der Waals surface area contributed by atoms with Gasteiger partial charge in [0, 0.05) is 49.5 Å². The molecule has 3 aliphatic rings. The first-order chi connectivity index (χ1) is 20.3. The first-order valence-electron chi connectivity index (χ1n) is 14.7. The number of carbonyl (C=O) groups is 1. The van der Waals surface area contributed by atoms with E-state index in [9.17, 15) is 35.9 Å². The highest BCUT2D eigenvalue weighted by Gasteiger charge is 2.47. The van der Waals surface area contributed by atoms with Crippen molar-refractivity contribution in [2.45, 2.75) is 88.7 Å². The average molecular weight is 631 g/mol. The normalized spacial score (nSPS) is 22.7. The van der Waals surface area contributed by atoms with Crippen molar-refractivity contribution in [1.29, 1.82) is 0 Å². The van der Waals surface area contributed by atoms with Crippen molar-refractivity contribution in [3.8, 4) is 0 Å². The van der Waals surface area contributed by atoms with Crippen molar-refractivity contribution in [1.82, 2.24) is 9.21 Å². The van der Waals surface area contributed by atoms with Crippen molar-refractivity contribution in [2.24, 2.45) is 5.92 Å². The van der Waals surface area contributed by atoms with E-state index in [1.807, 2.05) is 6.92 Å². The first kappa shape index (κ1) is 35.0. The average Bonchev–Trinajstić information content (AvgIpc) is 3.80. The Morgan fingerprint density at radius 1 is 1.16 bits per heavy atom. The van der Waals surface area contributed by atoms with Crippen molar-refractivity contribution in [2.75, 3.05) is 13.1 Å². The van der Waals surface area contributed by atoms with Crippen molar-refractivity contribution in [3.63, 3.8) is 0 Å². The number of halogens is 5. The summed E-state index contributed by atoms with van der Waals surface area (Å²) in [6.45, 7) is 7.87. The van der Waals surface area contributed by atoms with Crippen LogP contribution in [0, 0.1) is 5.92 Å². The van der Waals surface area contributed by atoms with Gasteiger partial charge in [0.1, 0.15) is 0 Å². The Balaban J connectivity index is 1.67. The standard InChI is InChI=1S/C32H43F5N2O3S/c1-4-24(8-7-19-33)30(25(5-2)12-11-23(3)34)15-16-31(40)38-20-17-28(18-21-38)39(27-13-14-27)43(41,42)29-10-6-9-26(22-29)32(35,36)37/h4,6-12,19,27-30,41-42H,1,5,13-18,20-22H2,2-3H3/b19-7+,23-11+,24-8+,25-12+. The molecule has 1 saturated heterocycles. The molecule has 43 heavy (non-hydrogen) atoms. The molecular weight excluding hydrogens is 587 g/mol. The molecule has 3 rings (SSSR count). The molecule has 0 aromatic rings. The second kappa shape index (κ2) is 15.5. The van der Waals surface area contributed by atoms with Gasteiger partial charge in [0.05, 0.1) is 17.4 Å². The van der Waals surface area contributed by atoms with Crippen LogP contribution < -0.4 is 0 Å². The summed E-state index contributed by atoms with van der Waals surface area (Å²) in [5, 5.41) is -1.05. The second-order valence-corrected chi connectivity index (χ2v) is 13.4. The Kier molecular flexibility index (Phi) is 12.6. The molecule has 0 aromatic heterocycles. The lowest BCUT2D eigenvalue weighted by Crippen LogP contribution is -2.50. The van der Waals surface area contributed by atoms with Crippen LogP contribution >= 0.6 is 10.8 Å². The van der Waals surface area contributed by atoms with Gasteiger partial charge in [-0.3, -0.25) is 13.9 Å². The molecule has 1 saturated carbocycles. The van der Waals surface area contributed by atoms with E-state index in [0.717, 1.165) is 24.5 Å². The first-order valence-corrected chi connectivity index (χ1v) is 16.3. The number of piperidine rings is 1. The van der Waals surface area contributed by atoms with E-state index >= 15 is 0 Å². The van der Waals surface area contributed by atoms with E-state index in [0.29, 0.717) is 50.7 Å². The topological polar surface area (TPSA) is 64.0 Å². The number of amides is 1. The fourth-order valence-corrected chi connectivity index (χ4v) is 8.15. The molecular formula is C32H43F5N2O3S. The van der Waals surface area contributed by atoms with Gasteiger partial charge >= 0.3 is 6.18 Å². The summed E-state index contributed by atoms with van der Waals surface area (Å²) in [5.41, 5.74) is 0.818. The van der Waals surface area contributed by atoms with Gasteiger partial charge in [0.15, 0.2) is 0 Å². The minimum atomic E-state index is -4.53. The van der Waals surface area contributed by atoms with Gasteiger partial charge in [-0.1, -0.05) is 55.5 Å². The van der Waals surface area contributed by atoms with E-state index in [1.54, 1.807) is 27.4 Å². The van der Waals surface area contributed by atoms with E-state index in [2.05, 4.69) is 6.58 Å². The largest absolute Gasteiger partial charge is 0.412 e. The minimum Gasteiger partial charge on any atom is -0.343 e. The van der Waals surface area contributed by atoms with Crippen LogP contribution in [0.15, 0.2) is 84.1 Å². The summed E-state index contributed by atoms with van der Waals surface area (Å²) in [7, 11) is -3.54. The Labute approximate surface area is 253 Å². The highest BCUT2D eigenvalue weighted by Crippen LogP contribution is 2.58. The SMILES string of the molecule is C=C/C(=C\C=C\F)C(CCC(=O)N1CCC(N(C2CC2)S(O)(O)C2C=CC=C(C(F)(F)F)C2)CC1)/C(=C/C=C(\C)F)CC. The molecule has 0 spiro atoms. The van der Waals surface area contributed by atoms with Crippen LogP contribution in [0.4, 0.5) is 22.0 Å². The Bertz CT molecular complexity index is 1170. The molecule has 240 valence electrons. The molecule has 2 N–H and O–H groups in total. The van der Waals surface area contributed by atoms with E-state index in [-0.39, 0.29) is 36.2 Å². The summed E-state index contributed by atoms with van der Waals surface area (Å²) < 4.78 is 90.6. The highest BCUT2D eigenvalue weighted by molar-refractivity contribution is 8.23. The summed E-state index contributed by atoms with van der Waals surface area (Å²) >= 11 is 0. The Morgan fingerprint density at radius 3 is 2.35 bits per heavy atom. The van der Waals surface area contributed by atoms with Gasteiger partial charge in [-0.25, -0.2) is 8.78 Å². The quantitative estimate of drug-likeness (QED) is 0.157. The molecule has 2 atom stereocenters. The summed E-state index contributed by atoms with van der Waals surface area (Å²) in [6, 6.07) is -0.369. The van der Waals surface area contributed by atoms with E-state index < -0.39 is 34.2 Å². The third kappa shape index (κ3) is 9.51. The molecule has 0 radical (unpaired) electrons. The molecule has 0 bridgehead atoms. The second-order valence-electron chi connectivity index (χ2n) is 11.2. The number of rotatable bonds is 13. The smallest absolute Gasteiger partial charge is 0.343 e. The van der Waals surface area contributed by atoms with Crippen LogP contribution in [-0.4, -0.2) is 60.8 Å². The maximum absolute atomic E-state index is 13.5. The lowest BCUT2D eigenvalue weighted by Gasteiger charge is -2.53. The van der Waals surface area contributed by atoms with Crippen LogP contribution in [0.2, 0.25) is 0 Å². The molecule has 5 nitrogen and oxygen atoms in total. The van der Waals surface area contributed by atoms with Gasteiger partial charge in [0.2, 0.25) is 5.91 Å². The number of likely N-dealkylation sites (tertiary alicyclic amines) is 1. The fraction of sp³-hybridized carbons (Fsp3) is 0.531. The molecule has 0 aromatic carbocycles. The van der Waals surface area contributed by atoms with Crippen molar-refractivity contribution >= 4 is 16.7 Å². The van der Waals surface area contributed by atoms with Crippen molar-refractivity contribution in [3.05, 3.63) is 84.1 Å². The van der Waals surface area contributed by atoms with Crippen LogP contribution in [0.5, 0.6) is 0 Å². The zero-order valence-corrected chi connectivity index (χ0v) is 25.6. The molecule has 1 amide bonds. The van der Waals surface area contributed by atoms with Crippen LogP contribution in [0.3, 0.4) is 0 Å². The van der Waals surface area contributed by atoms with Gasteiger partial charge in [-0.05, 0) is 63.2 Å². The monoisotopic (exact) mass is 630 g/mol. The summed E-state index contributed by atoms with van der Waals surface area (Å²) in [4.78, 5) is 15.0. The lowest BCUT2D eigenvalue weighted by molar-refractivity contribution is -0.132. The zero-order valence-electron chi connectivity index (χ0n) is 24.8. The summed E-state index contributed by atoms with van der Waals surface area (Å²) in [5.74, 6) is -0.710. The molecule has 11 heteroatoms. The Morgan fingerprint density at radius 2 is 1.81 bits per heavy atom. The van der Waals surface area contributed by atoms with Crippen LogP contribution in [-0.2, 0) is 4.79 Å². The third-order valence-electron chi connectivity index (χ3n) is 8.24. The lowest BCUT2D eigenvalue weighted by atomic mass is 9.84. The van der Waals surface area contributed by atoms with Crippen LogP contribution in [0.25, 0.3) is 0 Å². The number of hydrogen-bond acceptors (Lipinski definition) is 4. The zero-order chi connectivity index (χ0) is 31.8. The van der Waals surface area contributed by atoms with Crippen molar-refractivity contribution < 1.29 is 35.9 Å². The predicted molar refractivity (Wildman–Crippen MR) is 163 cm³/mol. The third-order valence-corrected chi connectivity index (χ3v) is 10.6. The Hall–Kier alpha value is -2.47. The fourth-order valence-electron chi connectivity index (χ4n) is 5.84. The number of allylic oxidation sites excluding steroid dienone is 11. The van der Waals surface area contributed by atoms with E-state index in [1.165, 1.54) is 31.2 Å². The minimum absolute atomic E-state index is 0.0830.